The number of nitrogens with zero attached hydrogens (tertiary/aromatic N) is 1. The maximum absolute atomic E-state index is 11.3. The van der Waals surface area contributed by atoms with Crippen molar-refractivity contribution in [1.82, 2.24) is 9.97 Å². The molecule has 0 spiro atoms. The maximum atomic E-state index is 11.3. The van der Waals surface area contributed by atoms with Crippen molar-refractivity contribution in [3.05, 3.63) is 12.5 Å². The Morgan fingerprint density at radius 1 is 1.73 bits per heavy atom. The molecular formula is C7H12N2OS. The fourth-order valence-electron chi connectivity index (χ4n) is 0.753. The van der Waals surface area contributed by atoms with Crippen molar-refractivity contribution in [1.29, 1.82) is 0 Å². The van der Waals surface area contributed by atoms with E-state index in [1.807, 2.05) is 0 Å². The second-order valence-electron chi connectivity index (χ2n) is 2.32. The minimum Gasteiger partial charge on any atom is -0.338 e. The standard InChI is InChI=1S/C7H12N2OS/c1-2-3-4-11(10)7-5-8-6-9-7/h5-6H,2-4H2,1H3,(H,8,9). The summed E-state index contributed by atoms with van der Waals surface area (Å²) < 4.78 is 11.3. The van der Waals surface area contributed by atoms with Crippen LogP contribution in [0.25, 0.3) is 0 Å². The van der Waals surface area contributed by atoms with E-state index >= 15 is 0 Å². The van der Waals surface area contributed by atoms with Crippen molar-refractivity contribution < 1.29 is 4.21 Å². The molecule has 0 aromatic carbocycles. The van der Waals surface area contributed by atoms with Crippen molar-refractivity contribution in [2.45, 2.75) is 24.8 Å². The molecule has 1 aromatic rings. The van der Waals surface area contributed by atoms with E-state index < -0.39 is 10.8 Å². The quantitative estimate of drug-likeness (QED) is 0.744. The summed E-state index contributed by atoms with van der Waals surface area (Å²) in [7, 11) is -0.870. The predicted molar refractivity (Wildman–Crippen MR) is 44.8 cm³/mol. The van der Waals surface area contributed by atoms with Crippen molar-refractivity contribution in [3.63, 3.8) is 0 Å². The van der Waals surface area contributed by atoms with Gasteiger partial charge in [0.05, 0.1) is 23.3 Å². The molecule has 0 bridgehead atoms. The van der Waals surface area contributed by atoms with Gasteiger partial charge in [-0.25, -0.2) is 4.98 Å². The summed E-state index contributed by atoms with van der Waals surface area (Å²) in [6.45, 7) is 2.09. The minimum atomic E-state index is -0.870. The molecule has 0 amide bonds. The SMILES string of the molecule is CCCCS(=O)c1cnc[nH]1. The van der Waals surface area contributed by atoms with Gasteiger partial charge in [0, 0.05) is 5.75 Å². The van der Waals surface area contributed by atoms with Crippen LogP contribution in [0.5, 0.6) is 0 Å². The van der Waals surface area contributed by atoms with Gasteiger partial charge in [0.15, 0.2) is 0 Å². The predicted octanol–water partition coefficient (Wildman–Crippen LogP) is 1.32. The molecule has 1 N–H and O–H groups in total. The number of imidazole rings is 1. The first-order chi connectivity index (χ1) is 5.34. The molecule has 0 saturated heterocycles. The molecule has 4 heteroatoms. The number of H-pyrrole nitrogens is 1. The lowest BCUT2D eigenvalue weighted by molar-refractivity contribution is 0.677. The molecule has 1 aromatic heterocycles. The Labute approximate surface area is 68.7 Å². The van der Waals surface area contributed by atoms with E-state index in [-0.39, 0.29) is 0 Å². The van der Waals surface area contributed by atoms with Crippen LogP contribution in [-0.2, 0) is 10.8 Å². The molecule has 0 aliphatic rings. The van der Waals surface area contributed by atoms with E-state index in [1.54, 1.807) is 12.5 Å². The van der Waals surface area contributed by atoms with Gasteiger partial charge in [-0.1, -0.05) is 13.3 Å². The van der Waals surface area contributed by atoms with E-state index in [2.05, 4.69) is 16.9 Å². The van der Waals surface area contributed by atoms with Crippen molar-refractivity contribution >= 4 is 10.8 Å². The fourth-order valence-corrected chi connectivity index (χ4v) is 1.89. The molecule has 62 valence electrons. The van der Waals surface area contributed by atoms with Crippen LogP contribution in [0.2, 0.25) is 0 Å². The summed E-state index contributed by atoms with van der Waals surface area (Å²) in [5, 5.41) is 0.735. The Morgan fingerprint density at radius 2 is 2.55 bits per heavy atom. The number of aromatic nitrogens is 2. The average molecular weight is 172 g/mol. The van der Waals surface area contributed by atoms with Crippen LogP contribution in [0, 0.1) is 0 Å². The second kappa shape index (κ2) is 4.28. The second-order valence-corrected chi connectivity index (χ2v) is 3.86. The number of rotatable bonds is 4. The summed E-state index contributed by atoms with van der Waals surface area (Å²) >= 11 is 0. The van der Waals surface area contributed by atoms with E-state index in [1.165, 1.54) is 0 Å². The Hall–Kier alpha value is -0.640. The third kappa shape index (κ3) is 2.46. The highest BCUT2D eigenvalue weighted by Gasteiger charge is 2.02. The van der Waals surface area contributed by atoms with Crippen LogP contribution >= 0.6 is 0 Å². The summed E-state index contributed by atoms with van der Waals surface area (Å²) in [5.74, 6) is 0.735. The molecule has 1 heterocycles. The van der Waals surface area contributed by atoms with Gasteiger partial charge in [0.1, 0.15) is 5.03 Å². The summed E-state index contributed by atoms with van der Waals surface area (Å²) in [5.41, 5.74) is 0. The zero-order valence-electron chi connectivity index (χ0n) is 6.54. The molecule has 11 heavy (non-hydrogen) atoms. The van der Waals surface area contributed by atoms with E-state index in [0.717, 1.165) is 23.6 Å². The number of hydrogen-bond donors (Lipinski definition) is 1. The maximum Gasteiger partial charge on any atom is 0.123 e. The number of hydrogen-bond acceptors (Lipinski definition) is 2. The molecule has 1 atom stereocenters. The van der Waals surface area contributed by atoms with Gasteiger partial charge in [0.2, 0.25) is 0 Å². The van der Waals surface area contributed by atoms with E-state index in [9.17, 15) is 4.21 Å². The van der Waals surface area contributed by atoms with Gasteiger partial charge in [-0.05, 0) is 6.42 Å². The van der Waals surface area contributed by atoms with Crippen LogP contribution in [0.15, 0.2) is 17.6 Å². The summed E-state index contributed by atoms with van der Waals surface area (Å²) in [4.78, 5) is 6.64. The zero-order chi connectivity index (χ0) is 8.10. The molecule has 3 nitrogen and oxygen atoms in total. The normalized spacial score (nSPS) is 13.2. The Bertz CT molecular complexity index is 220. The van der Waals surface area contributed by atoms with Gasteiger partial charge in [-0.2, -0.15) is 0 Å². The van der Waals surface area contributed by atoms with E-state index in [4.69, 9.17) is 0 Å². The van der Waals surface area contributed by atoms with Crippen molar-refractivity contribution in [3.8, 4) is 0 Å². The third-order valence-electron chi connectivity index (χ3n) is 1.40. The fraction of sp³-hybridized carbons (Fsp3) is 0.571. The van der Waals surface area contributed by atoms with Crippen molar-refractivity contribution in [2.24, 2.45) is 0 Å². The van der Waals surface area contributed by atoms with Gasteiger partial charge < -0.3 is 4.98 Å². The minimum absolute atomic E-state index is 0.735. The van der Waals surface area contributed by atoms with Gasteiger partial charge in [-0.15, -0.1) is 0 Å². The third-order valence-corrected chi connectivity index (χ3v) is 2.77. The molecule has 0 saturated carbocycles. The molecule has 1 rings (SSSR count). The molecule has 0 radical (unpaired) electrons. The Balaban J connectivity index is 2.43. The molecule has 1 unspecified atom stereocenters. The van der Waals surface area contributed by atoms with Gasteiger partial charge >= 0.3 is 0 Å². The monoisotopic (exact) mass is 172 g/mol. The van der Waals surface area contributed by atoms with Crippen molar-refractivity contribution in [2.75, 3.05) is 5.75 Å². The smallest absolute Gasteiger partial charge is 0.123 e. The lowest BCUT2D eigenvalue weighted by Gasteiger charge is -1.95. The highest BCUT2D eigenvalue weighted by atomic mass is 32.2. The average Bonchev–Trinajstić information content (AvgIpc) is 2.52. The van der Waals surface area contributed by atoms with Gasteiger partial charge in [0.25, 0.3) is 0 Å². The lowest BCUT2D eigenvalue weighted by atomic mass is 10.4. The summed E-state index contributed by atoms with van der Waals surface area (Å²) in [6, 6.07) is 0. The van der Waals surface area contributed by atoms with Crippen LogP contribution in [0.1, 0.15) is 19.8 Å². The first-order valence-electron chi connectivity index (χ1n) is 3.71. The first-order valence-corrected chi connectivity index (χ1v) is 5.03. The van der Waals surface area contributed by atoms with Crippen LogP contribution < -0.4 is 0 Å². The number of nitrogens with one attached hydrogen (secondary N) is 1. The summed E-state index contributed by atoms with van der Waals surface area (Å²) in [6.07, 6.45) is 5.26. The molecule has 0 aliphatic carbocycles. The van der Waals surface area contributed by atoms with E-state index in [0.29, 0.717) is 0 Å². The highest BCUT2D eigenvalue weighted by Crippen LogP contribution is 2.02. The van der Waals surface area contributed by atoms with Crippen LogP contribution in [0.4, 0.5) is 0 Å². The Kier molecular flexibility index (Phi) is 3.29. The van der Waals surface area contributed by atoms with Crippen LogP contribution in [0.3, 0.4) is 0 Å². The van der Waals surface area contributed by atoms with Crippen LogP contribution in [-0.4, -0.2) is 19.9 Å². The largest absolute Gasteiger partial charge is 0.338 e. The Morgan fingerprint density at radius 3 is 3.09 bits per heavy atom. The zero-order valence-corrected chi connectivity index (χ0v) is 7.36. The molecule has 0 fully saturated rings. The number of unbranched alkanes of at least 4 members (excludes halogenated alkanes) is 1. The lowest BCUT2D eigenvalue weighted by Crippen LogP contribution is -1.97. The first kappa shape index (κ1) is 8.46. The molecular weight excluding hydrogens is 160 g/mol. The molecule has 0 aliphatic heterocycles. The number of aromatic amines is 1. The highest BCUT2D eigenvalue weighted by molar-refractivity contribution is 7.84. The van der Waals surface area contributed by atoms with Gasteiger partial charge in [-0.3, -0.25) is 4.21 Å². The topological polar surface area (TPSA) is 45.8 Å².